The highest BCUT2D eigenvalue weighted by Crippen LogP contribution is 2.37. The number of nitrogens with one attached hydrogen (secondary N) is 1. The predicted octanol–water partition coefficient (Wildman–Crippen LogP) is 2.65. The van der Waals surface area contributed by atoms with Crippen molar-refractivity contribution in [1.82, 2.24) is 10.2 Å². The number of amides is 1. The largest absolute Gasteiger partial charge is 0.454 e. The smallest absolute Gasteiger partial charge is 0.276 e. The first-order chi connectivity index (χ1) is 10.1. The number of rotatable bonds is 3. The van der Waals surface area contributed by atoms with Gasteiger partial charge in [-0.2, -0.15) is 0 Å². The first-order valence-corrected chi connectivity index (χ1v) is 7.74. The van der Waals surface area contributed by atoms with Crippen LogP contribution in [0.5, 0.6) is 11.5 Å². The van der Waals surface area contributed by atoms with Crippen LogP contribution in [0, 0.1) is 0 Å². The van der Waals surface area contributed by atoms with Crippen molar-refractivity contribution in [3.8, 4) is 11.5 Å². The average Bonchev–Trinajstić information content (AvgIpc) is 2.99. The Morgan fingerprint density at radius 1 is 1.43 bits per heavy atom. The van der Waals surface area contributed by atoms with E-state index in [0.29, 0.717) is 28.9 Å². The predicted molar refractivity (Wildman–Crippen MR) is 86.0 cm³/mol. The lowest BCUT2D eigenvalue weighted by molar-refractivity contribution is -0.122. The van der Waals surface area contributed by atoms with Gasteiger partial charge in [-0.15, -0.1) is 0 Å². The molecule has 21 heavy (non-hydrogen) atoms. The molecular weight excluding hydrogens is 356 g/mol. The van der Waals surface area contributed by atoms with E-state index in [0.717, 1.165) is 16.5 Å². The zero-order valence-corrected chi connectivity index (χ0v) is 13.7. The van der Waals surface area contributed by atoms with Crippen molar-refractivity contribution in [1.29, 1.82) is 0 Å². The van der Waals surface area contributed by atoms with Crippen molar-refractivity contribution < 1.29 is 14.3 Å². The third-order valence-corrected chi connectivity index (χ3v) is 4.21. The SMILES string of the molecule is CCCN1C(=O)/C(=C\c2cc3c(cc2Br)OCO3)NC1=S. The van der Waals surface area contributed by atoms with Gasteiger partial charge in [0.1, 0.15) is 5.70 Å². The lowest BCUT2D eigenvalue weighted by Gasteiger charge is -2.11. The summed E-state index contributed by atoms with van der Waals surface area (Å²) in [6, 6.07) is 3.66. The second-order valence-electron chi connectivity index (χ2n) is 4.67. The van der Waals surface area contributed by atoms with Gasteiger partial charge in [0.05, 0.1) is 0 Å². The quantitative estimate of drug-likeness (QED) is 0.656. The van der Waals surface area contributed by atoms with Gasteiger partial charge in [-0.3, -0.25) is 9.69 Å². The minimum absolute atomic E-state index is 0.105. The molecule has 0 aliphatic carbocycles. The van der Waals surface area contributed by atoms with Crippen LogP contribution in [0.25, 0.3) is 6.08 Å². The third-order valence-electron chi connectivity index (χ3n) is 3.20. The van der Waals surface area contributed by atoms with Gasteiger partial charge in [-0.05, 0) is 42.4 Å². The zero-order valence-electron chi connectivity index (χ0n) is 11.3. The van der Waals surface area contributed by atoms with Crippen molar-refractivity contribution in [2.75, 3.05) is 13.3 Å². The fourth-order valence-electron chi connectivity index (χ4n) is 2.20. The van der Waals surface area contributed by atoms with Gasteiger partial charge in [-0.1, -0.05) is 22.9 Å². The summed E-state index contributed by atoms with van der Waals surface area (Å²) in [5.41, 5.74) is 1.30. The average molecular weight is 369 g/mol. The van der Waals surface area contributed by atoms with E-state index in [4.69, 9.17) is 21.7 Å². The molecule has 0 saturated carbocycles. The first-order valence-electron chi connectivity index (χ1n) is 6.54. The number of halogens is 1. The number of carbonyl (C=O) groups excluding carboxylic acids is 1. The Bertz CT molecular complexity index is 660. The number of hydrogen-bond acceptors (Lipinski definition) is 4. The minimum Gasteiger partial charge on any atom is -0.454 e. The highest BCUT2D eigenvalue weighted by atomic mass is 79.9. The zero-order chi connectivity index (χ0) is 15.0. The van der Waals surface area contributed by atoms with Crippen LogP contribution in [0.2, 0.25) is 0 Å². The number of hydrogen-bond donors (Lipinski definition) is 1. The Labute approximate surface area is 136 Å². The maximum atomic E-state index is 12.3. The molecule has 110 valence electrons. The number of ether oxygens (including phenoxy) is 2. The summed E-state index contributed by atoms with van der Waals surface area (Å²) < 4.78 is 11.5. The minimum atomic E-state index is -0.105. The Morgan fingerprint density at radius 3 is 2.86 bits per heavy atom. The van der Waals surface area contributed by atoms with Crippen LogP contribution in [0.1, 0.15) is 18.9 Å². The Morgan fingerprint density at radius 2 is 2.14 bits per heavy atom. The summed E-state index contributed by atoms with van der Waals surface area (Å²) in [6.07, 6.45) is 2.62. The summed E-state index contributed by atoms with van der Waals surface area (Å²) in [5.74, 6) is 1.26. The second kappa shape index (κ2) is 5.65. The van der Waals surface area contributed by atoms with Crippen LogP contribution in [-0.4, -0.2) is 29.3 Å². The number of carbonyl (C=O) groups is 1. The van der Waals surface area contributed by atoms with Gasteiger partial charge in [0.15, 0.2) is 16.6 Å². The molecule has 1 amide bonds. The molecule has 1 aromatic rings. The fraction of sp³-hybridized carbons (Fsp3) is 0.286. The van der Waals surface area contributed by atoms with Gasteiger partial charge in [-0.25, -0.2) is 0 Å². The van der Waals surface area contributed by atoms with Gasteiger partial charge in [0.2, 0.25) is 6.79 Å². The van der Waals surface area contributed by atoms with E-state index in [1.807, 2.05) is 19.1 Å². The van der Waals surface area contributed by atoms with Crippen molar-refractivity contribution >= 4 is 45.2 Å². The number of nitrogens with zero attached hydrogens (tertiary/aromatic N) is 1. The van der Waals surface area contributed by atoms with Gasteiger partial charge < -0.3 is 14.8 Å². The Balaban J connectivity index is 1.92. The summed E-state index contributed by atoms with van der Waals surface area (Å²) in [5, 5.41) is 3.41. The van der Waals surface area contributed by atoms with Crippen molar-refractivity contribution in [2.24, 2.45) is 0 Å². The molecule has 2 aliphatic heterocycles. The van der Waals surface area contributed by atoms with Gasteiger partial charge >= 0.3 is 0 Å². The Hall–Kier alpha value is -1.60. The molecule has 0 atom stereocenters. The number of fused-ring (bicyclic) bond motifs is 1. The maximum Gasteiger partial charge on any atom is 0.276 e. The fourth-order valence-corrected chi connectivity index (χ4v) is 2.92. The molecule has 0 bridgehead atoms. The summed E-state index contributed by atoms with van der Waals surface area (Å²) in [7, 11) is 0. The lowest BCUT2D eigenvalue weighted by atomic mass is 10.1. The first kappa shape index (κ1) is 14.3. The molecule has 3 rings (SSSR count). The second-order valence-corrected chi connectivity index (χ2v) is 5.91. The molecule has 0 spiro atoms. The molecule has 0 unspecified atom stereocenters. The third kappa shape index (κ3) is 2.63. The number of benzene rings is 1. The molecule has 2 aliphatic rings. The van der Waals surface area contributed by atoms with E-state index < -0.39 is 0 Å². The van der Waals surface area contributed by atoms with E-state index in [1.165, 1.54) is 0 Å². The topological polar surface area (TPSA) is 50.8 Å². The molecule has 0 radical (unpaired) electrons. The summed E-state index contributed by atoms with van der Waals surface area (Å²) in [6.45, 7) is 2.84. The maximum absolute atomic E-state index is 12.3. The molecule has 1 fully saturated rings. The summed E-state index contributed by atoms with van der Waals surface area (Å²) >= 11 is 8.66. The van der Waals surface area contributed by atoms with E-state index >= 15 is 0 Å². The molecule has 7 heteroatoms. The molecule has 1 aromatic carbocycles. The van der Waals surface area contributed by atoms with Crippen molar-refractivity contribution in [3.63, 3.8) is 0 Å². The van der Waals surface area contributed by atoms with Crippen LogP contribution in [0.15, 0.2) is 22.3 Å². The standard InChI is InChI=1S/C14H13BrN2O3S/c1-2-3-17-13(18)10(16-14(17)21)4-8-5-11-12(6-9(8)15)20-7-19-11/h4-6H,2-3,7H2,1H3,(H,16,21)/b10-4+. The highest BCUT2D eigenvalue weighted by molar-refractivity contribution is 9.10. The molecule has 2 heterocycles. The normalized spacial score (nSPS) is 18.6. The molecule has 0 aromatic heterocycles. The van der Waals surface area contributed by atoms with E-state index in [9.17, 15) is 4.79 Å². The van der Waals surface area contributed by atoms with E-state index in [-0.39, 0.29) is 12.7 Å². The lowest BCUT2D eigenvalue weighted by Crippen LogP contribution is -2.31. The summed E-state index contributed by atoms with van der Waals surface area (Å²) in [4.78, 5) is 13.9. The van der Waals surface area contributed by atoms with Gasteiger partial charge in [0.25, 0.3) is 5.91 Å². The van der Waals surface area contributed by atoms with E-state index in [2.05, 4.69) is 21.2 Å². The van der Waals surface area contributed by atoms with Crippen LogP contribution in [0.3, 0.4) is 0 Å². The molecular formula is C14H13BrN2O3S. The van der Waals surface area contributed by atoms with Crippen LogP contribution in [0.4, 0.5) is 0 Å². The monoisotopic (exact) mass is 368 g/mol. The number of thiocarbonyl (C=S) groups is 1. The van der Waals surface area contributed by atoms with Crippen molar-refractivity contribution in [3.05, 3.63) is 27.9 Å². The van der Waals surface area contributed by atoms with Crippen LogP contribution in [-0.2, 0) is 4.79 Å². The van der Waals surface area contributed by atoms with Gasteiger partial charge in [0, 0.05) is 11.0 Å². The molecule has 5 nitrogen and oxygen atoms in total. The Kier molecular flexibility index (Phi) is 3.86. The van der Waals surface area contributed by atoms with Crippen LogP contribution >= 0.6 is 28.1 Å². The van der Waals surface area contributed by atoms with E-state index in [1.54, 1.807) is 11.0 Å². The van der Waals surface area contributed by atoms with Crippen molar-refractivity contribution in [2.45, 2.75) is 13.3 Å². The molecule has 1 N–H and O–H groups in total. The molecule has 1 saturated heterocycles. The van der Waals surface area contributed by atoms with Crippen LogP contribution < -0.4 is 14.8 Å². The highest BCUT2D eigenvalue weighted by Gasteiger charge is 2.30.